The predicted molar refractivity (Wildman–Crippen MR) is 75.9 cm³/mol. The van der Waals surface area contributed by atoms with Gasteiger partial charge in [0.2, 0.25) is 0 Å². The summed E-state index contributed by atoms with van der Waals surface area (Å²) >= 11 is 0. The molecule has 0 radical (unpaired) electrons. The van der Waals surface area contributed by atoms with Crippen LogP contribution in [0.25, 0.3) is 0 Å². The molecule has 0 atom stereocenters. The minimum atomic E-state index is -0.140. The maximum absolute atomic E-state index is 8.92. The van der Waals surface area contributed by atoms with Crippen LogP contribution in [0.5, 0.6) is 0 Å². The quantitative estimate of drug-likeness (QED) is 0.255. The molecule has 6 nitrogen and oxygen atoms in total. The molecule has 1 aliphatic rings. The molecule has 0 bridgehead atoms. The molecule has 1 fully saturated rings. The van der Waals surface area contributed by atoms with E-state index in [0.29, 0.717) is 0 Å². The van der Waals surface area contributed by atoms with Crippen molar-refractivity contribution in [2.45, 2.75) is 37.9 Å². The van der Waals surface area contributed by atoms with Crippen molar-refractivity contribution >= 4 is 0 Å². The Bertz CT molecular complexity index is 74.3. The summed E-state index contributed by atoms with van der Waals surface area (Å²) in [5, 5.41) is 45.8. The third-order valence-electron chi connectivity index (χ3n) is 1.67. The van der Waals surface area contributed by atoms with Crippen molar-refractivity contribution in [1.82, 2.24) is 0 Å². The van der Waals surface area contributed by atoms with Crippen molar-refractivity contribution in [3.63, 3.8) is 0 Å². The van der Waals surface area contributed by atoms with Gasteiger partial charge in [-0.05, 0) is 25.7 Å². The molecule has 0 amide bonds. The summed E-state index contributed by atoms with van der Waals surface area (Å²) < 4.78 is 0. The zero-order chi connectivity index (χ0) is 14.0. The van der Waals surface area contributed by atoms with Crippen LogP contribution < -0.4 is 0 Å². The number of hydrogen-bond donors (Lipinski definition) is 6. The first kappa shape index (κ1) is 49.6. The van der Waals surface area contributed by atoms with Gasteiger partial charge in [0, 0.05) is 71.9 Å². The molecule has 0 aromatic rings. The molecule has 0 unspecified atom stereocenters. The first-order chi connectivity index (χ1) is 7.79. The third kappa shape index (κ3) is 50.7. The summed E-state index contributed by atoms with van der Waals surface area (Å²) in [4.78, 5) is 0. The van der Waals surface area contributed by atoms with Gasteiger partial charge in [0.05, 0.1) is 12.2 Å². The zero-order valence-corrected chi connectivity index (χ0v) is 16.8. The largest absolute Gasteiger partial charge is 0.400 e. The smallest absolute Gasteiger partial charge is 0.0542 e. The first-order valence-electron chi connectivity index (χ1n) is 4.94. The van der Waals surface area contributed by atoms with Crippen LogP contribution in [0.2, 0.25) is 0 Å². The van der Waals surface area contributed by atoms with E-state index >= 15 is 0 Å². The van der Waals surface area contributed by atoms with Crippen LogP contribution in [0, 0.1) is 14.9 Å². The molecule has 1 aliphatic carbocycles. The van der Waals surface area contributed by atoms with Gasteiger partial charge in [-0.25, -0.2) is 0 Å². The molecule has 0 spiro atoms. The van der Waals surface area contributed by atoms with E-state index in [1.165, 1.54) is 0 Å². The number of hydrogen-bond acceptors (Lipinski definition) is 6. The Labute approximate surface area is 155 Å². The van der Waals surface area contributed by atoms with Crippen LogP contribution in [0.1, 0.15) is 25.7 Å². The number of rotatable bonds is 0. The normalized spacial score (nSPS) is 17.1. The number of aliphatic hydroxyl groups is 6. The monoisotopic (exact) mass is 370 g/mol. The Hall–Kier alpha value is 1.19. The standard InChI is InChI=1S/C6H12O2.4CH4O.2CH3.2Ti/c7-5-1-2-6(8)4-3-5;4*1-2;;;;/h5-8H,1-4H2;4*2H,1H3;2*1H3;;/q;;;;;2*-1;;. The topological polar surface area (TPSA) is 121 Å². The van der Waals surface area contributed by atoms with Gasteiger partial charge >= 0.3 is 0 Å². The van der Waals surface area contributed by atoms with Gasteiger partial charge in [-0.15, -0.1) is 0 Å². The first-order valence-corrected chi connectivity index (χ1v) is 4.94. The fourth-order valence-electron chi connectivity index (χ4n) is 1.06. The molecule has 0 saturated heterocycles. The Kier molecular flexibility index (Phi) is 147. The van der Waals surface area contributed by atoms with E-state index in [1.807, 2.05) is 0 Å². The van der Waals surface area contributed by atoms with Crippen molar-refractivity contribution in [2.24, 2.45) is 0 Å². The van der Waals surface area contributed by atoms with Crippen LogP contribution in [-0.4, -0.2) is 71.3 Å². The minimum Gasteiger partial charge on any atom is -0.400 e. The summed E-state index contributed by atoms with van der Waals surface area (Å²) in [5.41, 5.74) is 0. The molecule has 6 N–H and O–H groups in total. The van der Waals surface area contributed by atoms with Gasteiger partial charge in [-0.3, -0.25) is 0 Å². The maximum Gasteiger partial charge on any atom is 0.0542 e. The Morgan fingerprint density at radius 1 is 0.500 bits per heavy atom. The molecular formula is C12H34O6Ti2-2. The minimum absolute atomic E-state index is 0. The van der Waals surface area contributed by atoms with Crippen LogP contribution in [0.15, 0.2) is 0 Å². The van der Waals surface area contributed by atoms with Gasteiger partial charge in [0.15, 0.2) is 0 Å². The predicted octanol–water partition coefficient (Wildman–Crippen LogP) is -0.388. The maximum atomic E-state index is 8.92. The van der Waals surface area contributed by atoms with Crippen LogP contribution in [0.4, 0.5) is 0 Å². The molecule has 1 saturated carbocycles. The van der Waals surface area contributed by atoms with Gasteiger partial charge in [-0.2, -0.15) is 0 Å². The van der Waals surface area contributed by atoms with E-state index in [0.717, 1.165) is 54.1 Å². The van der Waals surface area contributed by atoms with Crippen LogP contribution >= 0.6 is 0 Å². The summed E-state index contributed by atoms with van der Waals surface area (Å²) in [7, 11) is 4.00. The third-order valence-corrected chi connectivity index (χ3v) is 1.67. The van der Waals surface area contributed by atoms with E-state index in [4.69, 9.17) is 30.6 Å². The van der Waals surface area contributed by atoms with Gasteiger partial charge in [0.1, 0.15) is 0 Å². The second-order valence-corrected chi connectivity index (χ2v) is 2.46. The second kappa shape index (κ2) is 59.4. The van der Waals surface area contributed by atoms with Crippen molar-refractivity contribution in [1.29, 1.82) is 0 Å². The van der Waals surface area contributed by atoms with Gasteiger partial charge in [0.25, 0.3) is 0 Å². The van der Waals surface area contributed by atoms with Crippen LogP contribution in [0.3, 0.4) is 0 Å². The summed E-state index contributed by atoms with van der Waals surface area (Å²) in [5.74, 6) is 0. The summed E-state index contributed by atoms with van der Waals surface area (Å²) in [6.07, 6.45) is 2.83. The van der Waals surface area contributed by atoms with E-state index in [2.05, 4.69) is 0 Å². The number of aliphatic hydroxyl groups excluding tert-OH is 6. The SMILES string of the molecule is CO.CO.CO.CO.OC1CCC(O)CC1.[CH3-].[CH3-].[Ti].[Ti]. The fraction of sp³-hybridized carbons (Fsp3) is 0.833. The molecule has 20 heavy (non-hydrogen) atoms. The Morgan fingerprint density at radius 3 is 0.700 bits per heavy atom. The van der Waals surface area contributed by atoms with E-state index in [1.54, 1.807) is 0 Å². The zero-order valence-electron chi connectivity index (χ0n) is 13.7. The van der Waals surface area contributed by atoms with Gasteiger partial charge in [-0.1, -0.05) is 0 Å². The Balaban J connectivity index is -0.0000000178. The van der Waals surface area contributed by atoms with Crippen LogP contribution in [-0.2, 0) is 43.4 Å². The second-order valence-electron chi connectivity index (χ2n) is 2.46. The van der Waals surface area contributed by atoms with Gasteiger partial charge < -0.3 is 45.5 Å². The van der Waals surface area contributed by atoms with E-state index in [9.17, 15) is 0 Å². The molecular weight excluding hydrogens is 336 g/mol. The average Bonchev–Trinajstić information content (AvgIpc) is 2.42. The summed E-state index contributed by atoms with van der Waals surface area (Å²) in [6, 6.07) is 0. The molecule has 0 aromatic carbocycles. The molecule has 0 aliphatic heterocycles. The Morgan fingerprint density at radius 2 is 0.600 bits per heavy atom. The van der Waals surface area contributed by atoms with Crippen molar-refractivity contribution < 1.29 is 74.1 Å². The van der Waals surface area contributed by atoms with E-state index in [-0.39, 0.29) is 70.5 Å². The molecule has 0 heterocycles. The average molecular weight is 370 g/mol. The molecule has 8 heteroatoms. The molecule has 1 rings (SSSR count). The van der Waals surface area contributed by atoms with Crippen molar-refractivity contribution in [3.05, 3.63) is 14.9 Å². The van der Waals surface area contributed by atoms with E-state index < -0.39 is 0 Å². The summed E-state index contributed by atoms with van der Waals surface area (Å²) in [6.45, 7) is 0. The van der Waals surface area contributed by atoms with Crippen molar-refractivity contribution in [2.75, 3.05) is 28.4 Å². The molecule has 128 valence electrons. The molecule has 0 aromatic heterocycles. The fourth-order valence-corrected chi connectivity index (χ4v) is 1.06. The van der Waals surface area contributed by atoms with Crippen molar-refractivity contribution in [3.8, 4) is 0 Å².